The van der Waals surface area contributed by atoms with Gasteiger partial charge in [-0.05, 0) is 36.4 Å². The molecule has 0 aromatic heterocycles. The molecule has 0 heterocycles. The van der Waals surface area contributed by atoms with Gasteiger partial charge in [-0.15, -0.1) is 0 Å². The third-order valence-corrected chi connectivity index (χ3v) is 3.15. The van der Waals surface area contributed by atoms with Crippen molar-refractivity contribution < 1.29 is 0 Å². The van der Waals surface area contributed by atoms with E-state index in [1.165, 1.54) is 11.1 Å². The minimum atomic E-state index is 0.0564. The molecular formula is C13H22N2. The lowest BCUT2D eigenvalue weighted by molar-refractivity contribution is 0.270. The van der Waals surface area contributed by atoms with Gasteiger partial charge in [0.2, 0.25) is 0 Å². The Kier molecular flexibility index (Phi) is 3.89. The van der Waals surface area contributed by atoms with Crippen molar-refractivity contribution in [1.29, 1.82) is 0 Å². The van der Waals surface area contributed by atoms with Crippen LogP contribution in [0.5, 0.6) is 0 Å². The highest BCUT2D eigenvalue weighted by Gasteiger charge is 2.27. The molecule has 0 aliphatic rings. The Morgan fingerprint density at radius 3 is 2.40 bits per heavy atom. The monoisotopic (exact) mass is 206 g/mol. The van der Waals surface area contributed by atoms with Gasteiger partial charge in [0, 0.05) is 6.04 Å². The number of rotatable bonds is 4. The molecule has 0 aliphatic heterocycles. The second kappa shape index (κ2) is 4.77. The number of hydrogen-bond donors (Lipinski definition) is 2. The number of nitrogens with two attached hydrogens (primary N) is 2. The maximum atomic E-state index is 6.30. The van der Waals surface area contributed by atoms with Crippen molar-refractivity contribution in [3.8, 4) is 0 Å². The smallest absolute Gasteiger partial charge is 0.0349 e. The lowest BCUT2D eigenvalue weighted by atomic mass is 9.77. The zero-order valence-corrected chi connectivity index (χ0v) is 9.96. The van der Waals surface area contributed by atoms with Crippen molar-refractivity contribution in [2.75, 3.05) is 6.54 Å². The van der Waals surface area contributed by atoms with E-state index in [-0.39, 0.29) is 11.5 Å². The molecule has 1 unspecified atom stereocenters. The Hall–Kier alpha value is -0.860. The number of hydrogen-bond acceptors (Lipinski definition) is 2. The van der Waals surface area contributed by atoms with Gasteiger partial charge in [-0.25, -0.2) is 0 Å². The molecule has 84 valence electrons. The van der Waals surface area contributed by atoms with E-state index in [0.29, 0.717) is 6.54 Å². The Morgan fingerprint density at radius 1 is 1.27 bits per heavy atom. The highest BCUT2D eigenvalue weighted by molar-refractivity contribution is 5.29. The van der Waals surface area contributed by atoms with Crippen molar-refractivity contribution in [1.82, 2.24) is 0 Å². The van der Waals surface area contributed by atoms with Gasteiger partial charge in [0.1, 0.15) is 0 Å². The SMILES string of the molecule is Cc1ccccc1C(N)C(C)(C)CCN. The molecular weight excluding hydrogens is 184 g/mol. The van der Waals surface area contributed by atoms with E-state index in [1.54, 1.807) is 0 Å². The molecule has 0 radical (unpaired) electrons. The molecule has 0 spiro atoms. The number of aryl methyl sites for hydroxylation is 1. The Labute approximate surface area is 92.7 Å². The van der Waals surface area contributed by atoms with Gasteiger partial charge < -0.3 is 11.5 Å². The third kappa shape index (κ3) is 2.80. The molecule has 0 fully saturated rings. The zero-order chi connectivity index (χ0) is 11.5. The van der Waals surface area contributed by atoms with E-state index in [0.717, 1.165) is 6.42 Å². The summed E-state index contributed by atoms with van der Waals surface area (Å²) >= 11 is 0. The summed E-state index contributed by atoms with van der Waals surface area (Å²) in [5.74, 6) is 0. The van der Waals surface area contributed by atoms with Crippen molar-refractivity contribution in [3.05, 3.63) is 35.4 Å². The maximum absolute atomic E-state index is 6.30. The van der Waals surface area contributed by atoms with Crippen LogP contribution >= 0.6 is 0 Å². The molecule has 1 aromatic carbocycles. The fourth-order valence-corrected chi connectivity index (χ4v) is 1.88. The van der Waals surface area contributed by atoms with Crippen LogP contribution in [0.25, 0.3) is 0 Å². The average molecular weight is 206 g/mol. The third-order valence-electron chi connectivity index (χ3n) is 3.15. The first-order valence-corrected chi connectivity index (χ1v) is 5.50. The molecule has 0 aliphatic carbocycles. The summed E-state index contributed by atoms with van der Waals surface area (Å²) in [5.41, 5.74) is 14.5. The second-order valence-corrected chi connectivity index (χ2v) is 4.86. The van der Waals surface area contributed by atoms with Crippen LogP contribution in [0.4, 0.5) is 0 Å². The number of benzene rings is 1. The van der Waals surface area contributed by atoms with Crippen LogP contribution in [-0.2, 0) is 0 Å². The van der Waals surface area contributed by atoms with Gasteiger partial charge in [-0.3, -0.25) is 0 Å². The predicted molar refractivity (Wildman–Crippen MR) is 65.6 cm³/mol. The average Bonchev–Trinajstić information content (AvgIpc) is 2.17. The molecule has 4 N–H and O–H groups in total. The molecule has 0 saturated heterocycles. The van der Waals surface area contributed by atoms with E-state index in [2.05, 4.69) is 32.9 Å². The zero-order valence-electron chi connectivity index (χ0n) is 9.96. The largest absolute Gasteiger partial charge is 0.330 e. The predicted octanol–water partition coefficient (Wildman–Crippen LogP) is 2.37. The van der Waals surface area contributed by atoms with E-state index < -0.39 is 0 Å². The van der Waals surface area contributed by atoms with Crippen LogP contribution in [0.3, 0.4) is 0 Å². The Morgan fingerprint density at radius 2 is 1.87 bits per heavy atom. The van der Waals surface area contributed by atoms with Gasteiger partial charge in [-0.2, -0.15) is 0 Å². The topological polar surface area (TPSA) is 52.0 Å². The highest BCUT2D eigenvalue weighted by atomic mass is 14.7. The van der Waals surface area contributed by atoms with Gasteiger partial charge in [0.25, 0.3) is 0 Å². The van der Waals surface area contributed by atoms with Gasteiger partial charge in [-0.1, -0.05) is 38.1 Å². The molecule has 1 aromatic rings. The van der Waals surface area contributed by atoms with Gasteiger partial charge in [0.05, 0.1) is 0 Å². The van der Waals surface area contributed by atoms with E-state index >= 15 is 0 Å². The van der Waals surface area contributed by atoms with Crippen LogP contribution in [0, 0.1) is 12.3 Å². The second-order valence-electron chi connectivity index (χ2n) is 4.86. The van der Waals surface area contributed by atoms with Crippen molar-refractivity contribution in [2.24, 2.45) is 16.9 Å². The van der Waals surface area contributed by atoms with E-state index in [9.17, 15) is 0 Å². The Bertz CT molecular complexity index is 318. The molecule has 0 amide bonds. The van der Waals surface area contributed by atoms with Crippen LogP contribution in [0.15, 0.2) is 24.3 Å². The fraction of sp³-hybridized carbons (Fsp3) is 0.538. The molecule has 1 rings (SSSR count). The minimum Gasteiger partial charge on any atom is -0.330 e. The lowest BCUT2D eigenvalue weighted by Crippen LogP contribution is -2.31. The molecule has 0 saturated carbocycles. The normalized spacial score (nSPS) is 13.9. The molecule has 0 bridgehead atoms. The highest BCUT2D eigenvalue weighted by Crippen LogP contribution is 2.35. The van der Waals surface area contributed by atoms with Crippen LogP contribution in [-0.4, -0.2) is 6.54 Å². The quantitative estimate of drug-likeness (QED) is 0.794. The summed E-state index contributed by atoms with van der Waals surface area (Å²) in [4.78, 5) is 0. The molecule has 2 nitrogen and oxygen atoms in total. The van der Waals surface area contributed by atoms with Crippen molar-refractivity contribution in [3.63, 3.8) is 0 Å². The lowest BCUT2D eigenvalue weighted by Gasteiger charge is -2.32. The molecule has 1 atom stereocenters. The van der Waals surface area contributed by atoms with Gasteiger partial charge >= 0.3 is 0 Å². The first kappa shape index (κ1) is 12.2. The summed E-state index contributed by atoms with van der Waals surface area (Å²) in [6.07, 6.45) is 0.947. The summed E-state index contributed by atoms with van der Waals surface area (Å²) < 4.78 is 0. The molecule has 2 heteroatoms. The van der Waals surface area contributed by atoms with E-state index in [1.807, 2.05) is 12.1 Å². The first-order valence-electron chi connectivity index (χ1n) is 5.50. The van der Waals surface area contributed by atoms with Gasteiger partial charge in [0.15, 0.2) is 0 Å². The van der Waals surface area contributed by atoms with Crippen LogP contribution in [0.2, 0.25) is 0 Å². The Balaban J connectivity index is 2.93. The standard InChI is InChI=1S/C13H22N2/c1-10-6-4-5-7-11(10)12(15)13(2,3)8-9-14/h4-7,12H,8-9,14-15H2,1-3H3. The maximum Gasteiger partial charge on any atom is 0.0349 e. The summed E-state index contributed by atoms with van der Waals surface area (Å²) in [5, 5.41) is 0. The van der Waals surface area contributed by atoms with Crippen molar-refractivity contribution >= 4 is 0 Å². The molecule has 15 heavy (non-hydrogen) atoms. The van der Waals surface area contributed by atoms with E-state index in [4.69, 9.17) is 11.5 Å². The fourth-order valence-electron chi connectivity index (χ4n) is 1.88. The summed E-state index contributed by atoms with van der Waals surface area (Å²) in [6, 6.07) is 8.36. The minimum absolute atomic E-state index is 0.0564. The summed E-state index contributed by atoms with van der Waals surface area (Å²) in [7, 11) is 0. The van der Waals surface area contributed by atoms with Crippen LogP contribution < -0.4 is 11.5 Å². The summed E-state index contributed by atoms with van der Waals surface area (Å²) in [6.45, 7) is 7.15. The first-order chi connectivity index (χ1) is 6.99. The van der Waals surface area contributed by atoms with Crippen molar-refractivity contribution in [2.45, 2.75) is 33.2 Å². The van der Waals surface area contributed by atoms with Crippen LogP contribution in [0.1, 0.15) is 37.4 Å².